The van der Waals surface area contributed by atoms with Gasteiger partial charge in [-0.15, -0.1) is 0 Å². The number of nitrogens with one attached hydrogen (secondary N) is 1. The van der Waals surface area contributed by atoms with Crippen molar-refractivity contribution in [2.24, 2.45) is 0 Å². The van der Waals surface area contributed by atoms with Gasteiger partial charge in [-0.05, 0) is 31.5 Å². The third kappa shape index (κ3) is 3.85. The Morgan fingerprint density at radius 2 is 2.12 bits per heavy atom. The average Bonchev–Trinajstić information content (AvgIpc) is 2.20. The minimum Gasteiger partial charge on any atom is -0.481 e. The molecule has 0 aliphatic rings. The van der Waals surface area contributed by atoms with E-state index in [2.05, 4.69) is 21.2 Å². The molecular weight excluding hydrogens is 286 g/mol. The summed E-state index contributed by atoms with van der Waals surface area (Å²) >= 11 is 3.35. The van der Waals surface area contributed by atoms with Crippen molar-refractivity contribution in [3.63, 3.8) is 0 Å². The van der Waals surface area contributed by atoms with Gasteiger partial charge >= 0.3 is 5.97 Å². The molecule has 1 unspecified atom stereocenters. The predicted molar refractivity (Wildman–Crippen MR) is 68.1 cm³/mol. The molecule has 4 nitrogen and oxygen atoms in total. The largest absolute Gasteiger partial charge is 0.481 e. The molecule has 0 saturated carbocycles. The molecule has 1 aromatic rings. The predicted octanol–water partition coefficient (Wildman–Crippen LogP) is 2.35. The summed E-state index contributed by atoms with van der Waals surface area (Å²) in [4.78, 5) is 22.4. The molecule has 2 N–H and O–H groups in total. The zero-order valence-electron chi connectivity index (χ0n) is 9.66. The molecule has 0 fully saturated rings. The molecule has 0 radical (unpaired) electrons. The van der Waals surface area contributed by atoms with Crippen molar-refractivity contribution in [3.05, 3.63) is 33.8 Å². The minimum atomic E-state index is -0.927. The minimum absolute atomic E-state index is 0.0845. The second kappa shape index (κ2) is 5.82. The van der Waals surface area contributed by atoms with E-state index < -0.39 is 12.0 Å². The van der Waals surface area contributed by atoms with Crippen LogP contribution in [0.3, 0.4) is 0 Å². The molecule has 0 saturated heterocycles. The summed E-state index contributed by atoms with van der Waals surface area (Å²) in [7, 11) is 0. The van der Waals surface area contributed by atoms with Crippen LogP contribution in [-0.2, 0) is 4.79 Å². The normalized spacial score (nSPS) is 11.9. The summed E-state index contributed by atoms with van der Waals surface area (Å²) in [5, 5.41) is 11.3. The van der Waals surface area contributed by atoms with Gasteiger partial charge in [-0.3, -0.25) is 9.59 Å². The summed E-state index contributed by atoms with van der Waals surface area (Å²) in [5.41, 5.74) is 1.39. The highest BCUT2D eigenvalue weighted by molar-refractivity contribution is 9.10. The maximum atomic E-state index is 11.9. The maximum absolute atomic E-state index is 11.9. The van der Waals surface area contributed by atoms with Crippen LogP contribution in [0, 0.1) is 6.92 Å². The summed E-state index contributed by atoms with van der Waals surface area (Å²) in [6, 6.07) is 4.95. The van der Waals surface area contributed by atoms with E-state index in [1.807, 2.05) is 13.0 Å². The lowest BCUT2D eigenvalue weighted by atomic mass is 10.1. The van der Waals surface area contributed by atoms with Gasteiger partial charge in [0.25, 0.3) is 5.91 Å². The first-order valence-electron chi connectivity index (χ1n) is 5.19. The number of amides is 1. The van der Waals surface area contributed by atoms with Crippen LogP contribution < -0.4 is 5.32 Å². The number of rotatable bonds is 4. The van der Waals surface area contributed by atoms with E-state index in [-0.39, 0.29) is 12.3 Å². The lowest BCUT2D eigenvalue weighted by Crippen LogP contribution is -2.34. The number of hydrogen-bond acceptors (Lipinski definition) is 2. The molecule has 0 aliphatic heterocycles. The zero-order valence-corrected chi connectivity index (χ0v) is 11.2. The van der Waals surface area contributed by atoms with Crippen molar-refractivity contribution in [1.29, 1.82) is 0 Å². The molecule has 0 aromatic heterocycles. The molecule has 92 valence electrons. The summed E-state index contributed by atoms with van der Waals surface area (Å²) < 4.78 is 0.857. The van der Waals surface area contributed by atoms with Crippen LogP contribution in [0.2, 0.25) is 0 Å². The van der Waals surface area contributed by atoms with E-state index in [1.165, 1.54) is 0 Å². The Kier molecular flexibility index (Phi) is 4.69. The Morgan fingerprint density at radius 3 is 2.71 bits per heavy atom. The van der Waals surface area contributed by atoms with Crippen molar-refractivity contribution in [1.82, 2.24) is 5.32 Å². The fraction of sp³-hybridized carbons (Fsp3) is 0.333. The van der Waals surface area contributed by atoms with Gasteiger partial charge in [-0.1, -0.05) is 22.0 Å². The van der Waals surface area contributed by atoms with Crippen molar-refractivity contribution in [2.75, 3.05) is 0 Å². The highest BCUT2D eigenvalue weighted by Gasteiger charge is 2.14. The first-order valence-corrected chi connectivity index (χ1v) is 5.99. The van der Waals surface area contributed by atoms with E-state index in [0.29, 0.717) is 5.56 Å². The number of halogens is 1. The molecule has 1 rings (SSSR count). The fourth-order valence-electron chi connectivity index (χ4n) is 1.47. The Balaban J connectivity index is 2.77. The smallest absolute Gasteiger partial charge is 0.305 e. The molecule has 0 spiro atoms. The number of carboxylic acids is 1. The van der Waals surface area contributed by atoms with Gasteiger partial charge in [-0.25, -0.2) is 0 Å². The highest BCUT2D eigenvalue weighted by atomic mass is 79.9. The quantitative estimate of drug-likeness (QED) is 0.897. The van der Waals surface area contributed by atoms with Crippen molar-refractivity contribution < 1.29 is 14.7 Å². The molecule has 1 aromatic carbocycles. The molecule has 1 atom stereocenters. The standard InChI is InChI=1S/C12H14BrNO3/c1-7(6-11(15)16)14-12(17)9-4-3-5-10(13)8(9)2/h3-5,7H,6H2,1-2H3,(H,14,17)(H,15,16). The third-order valence-electron chi connectivity index (χ3n) is 2.37. The number of hydrogen-bond donors (Lipinski definition) is 2. The van der Waals surface area contributed by atoms with Gasteiger partial charge in [0.1, 0.15) is 0 Å². The van der Waals surface area contributed by atoms with Crippen LogP contribution >= 0.6 is 15.9 Å². The van der Waals surface area contributed by atoms with E-state index in [0.717, 1.165) is 10.0 Å². The SMILES string of the molecule is Cc1c(Br)cccc1C(=O)NC(C)CC(=O)O. The van der Waals surface area contributed by atoms with Crippen LogP contribution in [0.4, 0.5) is 0 Å². The number of carboxylic acid groups (broad SMARTS) is 1. The molecule has 17 heavy (non-hydrogen) atoms. The van der Waals surface area contributed by atoms with Gasteiger partial charge in [0.05, 0.1) is 6.42 Å². The van der Waals surface area contributed by atoms with Gasteiger partial charge in [-0.2, -0.15) is 0 Å². The molecule has 0 aliphatic carbocycles. The molecular formula is C12H14BrNO3. The Hall–Kier alpha value is -1.36. The molecule has 1 amide bonds. The van der Waals surface area contributed by atoms with Crippen LogP contribution in [0.15, 0.2) is 22.7 Å². The summed E-state index contributed by atoms with van der Waals surface area (Å²) in [6.07, 6.45) is -0.0845. The lowest BCUT2D eigenvalue weighted by Gasteiger charge is -2.13. The van der Waals surface area contributed by atoms with Gasteiger partial charge in [0.15, 0.2) is 0 Å². The number of carbonyl (C=O) groups is 2. The van der Waals surface area contributed by atoms with Crippen molar-refractivity contribution in [3.8, 4) is 0 Å². The topological polar surface area (TPSA) is 66.4 Å². The maximum Gasteiger partial charge on any atom is 0.305 e. The summed E-state index contributed by atoms with van der Waals surface area (Å²) in [5.74, 6) is -1.18. The second-order valence-corrected chi connectivity index (χ2v) is 4.74. The Bertz CT molecular complexity index is 445. The summed E-state index contributed by atoms with van der Waals surface area (Å²) in [6.45, 7) is 3.50. The van der Waals surface area contributed by atoms with Gasteiger partial charge in [0.2, 0.25) is 0 Å². The van der Waals surface area contributed by atoms with Gasteiger partial charge in [0, 0.05) is 16.1 Å². The van der Waals surface area contributed by atoms with E-state index >= 15 is 0 Å². The first-order chi connectivity index (χ1) is 7.91. The Morgan fingerprint density at radius 1 is 1.47 bits per heavy atom. The van der Waals surface area contributed by atoms with Crippen LogP contribution in [-0.4, -0.2) is 23.0 Å². The first kappa shape index (κ1) is 13.7. The van der Waals surface area contributed by atoms with Crippen molar-refractivity contribution in [2.45, 2.75) is 26.3 Å². The number of benzene rings is 1. The van der Waals surface area contributed by atoms with Crippen molar-refractivity contribution >= 4 is 27.8 Å². The van der Waals surface area contributed by atoms with E-state index in [1.54, 1.807) is 19.1 Å². The van der Waals surface area contributed by atoms with E-state index in [4.69, 9.17) is 5.11 Å². The molecule has 0 heterocycles. The monoisotopic (exact) mass is 299 g/mol. The molecule has 5 heteroatoms. The van der Waals surface area contributed by atoms with E-state index in [9.17, 15) is 9.59 Å². The molecule has 0 bridgehead atoms. The fourth-order valence-corrected chi connectivity index (χ4v) is 1.83. The van der Waals surface area contributed by atoms with Crippen LogP contribution in [0.5, 0.6) is 0 Å². The number of aliphatic carboxylic acids is 1. The lowest BCUT2D eigenvalue weighted by molar-refractivity contribution is -0.137. The van der Waals surface area contributed by atoms with Crippen LogP contribution in [0.1, 0.15) is 29.3 Å². The van der Waals surface area contributed by atoms with Gasteiger partial charge < -0.3 is 10.4 Å². The second-order valence-electron chi connectivity index (χ2n) is 3.88. The average molecular weight is 300 g/mol. The van der Waals surface area contributed by atoms with Crippen LogP contribution in [0.25, 0.3) is 0 Å². The zero-order chi connectivity index (χ0) is 13.0. The third-order valence-corrected chi connectivity index (χ3v) is 3.23. The highest BCUT2D eigenvalue weighted by Crippen LogP contribution is 2.19. The Labute approximate surface area is 108 Å². The number of carbonyl (C=O) groups excluding carboxylic acids is 1.